The molecular formula is C15H28N4O3. The highest BCUT2D eigenvalue weighted by Gasteiger charge is 2.19. The van der Waals surface area contributed by atoms with Gasteiger partial charge in [-0.3, -0.25) is 19.3 Å². The van der Waals surface area contributed by atoms with E-state index in [1.807, 2.05) is 20.8 Å². The number of likely N-dealkylation sites (N-methyl/N-ethyl adjacent to an activating group) is 1. The van der Waals surface area contributed by atoms with Crippen LogP contribution >= 0.6 is 0 Å². The first-order chi connectivity index (χ1) is 10.4. The number of hydrogen-bond donors (Lipinski definition) is 2. The van der Waals surface area contributed by atoms with Gasteiger partial charge < -0.3 is 15.5 Å². The highest BCUT2D eigenvalue weighted by Crippen LogP contribution is 2.06. The van der Waals surface area contributed by atoms with Crippen LogP contribution in [0.25, 0.3) is 0 Å². The summed E-state index contributed by atoms with van der Waals surface area (Å²) in [6.07, 6.45) is 2.07. The van der Waals surface area contributed by atoms with Gasteiger partial charge in [-0.25, -0.2) is 0 Å². The van der Waals surface area contributed by atoms with Gasteiger partial charge in [0.2, 0.25) is 17.7 Å². The molecule has 3 amide bonds. The Balaban J connectivity index is 2.28. The van der Waals surface area contributed by atoms with Gasteiger partial charge in [0, 0.05) is 19.1 Å². The molecule has 1 saturated heterocycles. The maximum absolute atomic E-state index is 11.9. The maximum atomic E-state index is 11.9. The van der Waals surface area contributed by atoms with Gasteiger partial charge in [-0.2, -0.15) is 0 Å². The van der Waals surface area contributed by atoms with Crippen LogP contribution in [0.5, 0.6) is 0 Å². The Morgan fingerprint density at radius 2 is 1.68 bits per heavy atom. The Kier molecular flexibility index (Phi) is 7.87. The summed E-state index contributed by atoms with van der Waals surface area (Å²) in [6, 6.07) is 0.0816. The van der Waals surface area contributed by atoms with Crippen LogP contribution in [0.4, 0.5) is 0 Å². The smallest absolute Gasteiger partial charge is 0.241 e. The lowest BCUT2D eigenvalue weighted by atomic mass is 10.3. The SMILES string of the molecule is CCN(CC(=O)NCC(=O)N1CCCC1)CC(=O)NC(C)C. The minimum atomic E-state index is -0.230. The van der Waals surface area contributed by atoms with Gasteiger partial charge in [-0.05, 0) is 33.2 Å². The molecule has 0 radical (unpaired) electrons. The Morgan fingerprint density at radius 1 is 1.09 bits per heavy atom. The lowest BCUT2D eigenvalue weighted by molar-refractivity contribution is -0.132. The van der Waals surface area contributed by atoms with E-state index >= 15 is 0 Å². The van der Waals surface area contributed by atoms with Crippen LogP contribution in [-0.2, 0) is 14.4 Å². The lowest BCUT2D eigenvalue weighted by Gasteiger charge is -2.20. The summed E-state index contributed by atoms with van der Waals surface area (Å²) in [5.41, 5.74) is 0. The van der Waals surface area contributed by atoms with Gasteiger partial charge in [-0.1, -0.05) is 6.92 Å². The molecule has 1 aliphatic rings. The lowest BCUT2D eigenvalue weighted by Crippen LogP contribution is -2.46. The molecule has 0 aromatic rings. The van der Waals surface area contributed by atoms with Gasteiger partial charge in [0.25, 0.3) is 0 Å². The van der Waals surface area contributed by atoms with E-state index in [0.29, 0.717) is 6.54 Å². The molecule has 22 heavy (non-hydrogen) atoms. The van der Waals surface area contributed by atoms with Crippen molar-refractivity contribution in [2.45, 2.75) is 39.7 Å². The van der Waals surface area contributed by atoms with E-state index in [4.69, 9.17) is 0 Å². The van der Waals surface area contributed by atoms with Crippen molar-refractivity contribution in [3.63, 3.8) is 0 Å². The van der Waals surface area contributed by atoms with Crippen LogP contribution < -0.4 is 10.6 Å². The van der Waals surface area contributed by atoms with Crippen LogP contribution in [0.2, 0.25) is 0 Å². The molecular weight excluding hydrogens is 284 g/mol. The summed E-state index contributed by atoms with van der Waals surface area (Å²) >= 11 is 0. The number of carbonyl (C=O) groups excluding carboxylic acids is 3. The number of rotatable bonds is 8. The van der Waals surface area contributed by atoms with Gasteiger partial charge in [-0.15, -0.1) is 0 Å². The fourth-order valence-electron chi connectivity index (χ4n) is 2.36. The van der Waals surface area contributed by atoms with E-state index in [9.17, 15) is 14.4 Å². The van der Waals surface area contributed by atoms with E-state index in [2.05, 4.69) is 10.6 Å². The zero-order valence-corrected chi connectivity index (χ0v) is 13.9. The molecule has 1 fully saturated rings. The largest absolute Gasteiger partial charge is 0.353 e. The summed E-state index contributed by atoms with van der Waals surface area (Å²) in [6.45, 7) is 8.18. The maximum Gasteiger partial charge on any atom is 0.241 e. The average molecular weight is 312 g/mol. The first-order valence-electron chi connectivity index (χ1n) is 7.98. The van der Waals surface area contributed by atoms with Crippen LogP contribution in [0.15, 0.2) is 0 Å². The summed E-state index contributed by atoms with van der Waals surface area (Å²) in [7, 11) is 0. The molecule has 0 aromatic carbocycles. The van der Waals surface area contributed by atoms with Crippen molar-refractivity contribution in [2.24, 2.45) is 0 Å². The third-order valence-electron chi connectivity index (χ3n) is 3.53. The fourth-order valence-corrected chi connectivity index (χ4v) is 2.36. The Labute approximate surface area is 132 Å². The summed E-state index contributed by atoms with van der Waals surface area (Å²) in [4.78, 5) is 38.9. The van der Waals surface area contributed by atoms with Crippen LogP contribution in [0.1, 0.15) is 33.6 Å². The first kappa shape index (κ1) is 18.4. The van der Waals surface area contributed by atoms with Crippen molar-refractivity contribution in [3.8, 4) is 0 Å². The molecule has 0 spiro atoms. The molecule has 0 atom stereocenters. The molecule has 7 heteroatoms. The van der Waals surface area contributed by atoms with E-state index in [-0.39, 0.29) is 43.4 Å². The van der Waals surface area contributed by atoms with E-state index in [1.54, 1.807) is 9.80 Å². The quantitative estimate of drug-likeness (QED) is 0.637. The van der Waals surface area contributed by atoms with Crippen molar-refractivity contribution in [2.75, 3.05) is 39.3 Å². The third-order valence-corrected chi connectivity index (χ3v) is 3.53. The molecule has 2 N–H and O–H groups in total. The molecule has 1 rings (SSSR count). The minimum Gasteiger partial charge on any atom is -0.353 e. The third kappa shape index (κ3) is 6.89. The normalized spacial score (nSPS) is 14.5. The van der Waals surface area contributed by atoms with Crippen molar-refractivity contribution >= 4 is 17.7 Å². The van der Waals surface area contributed by atoms with Gasteiger partial charge in [0.05, 0.1) is 19.6 Å². The van der Waals surface area contributed by atoms with Gasteiger partial charge in [0.15, 0.2) is 0 Å². The number of nitrogens with zero attached hydrogens (tertiary/aromatic N) is 2. The van der Waals surface area contributed by atoms with Crippen molar-refractivity contribution in [1.29, 1.82) is 0 Å². The Bertz CT molecular complexity index is 392. The monoisotopic (exact) mass is 312 g/mol. The molecule has 0 saturated carbocycles. The summed E-state index contributed by atoms with van der Waals surface area (Å²) in [5.74, 6) is -0.365. The number of hydrogen-bond acceptors (Lipinski definition) is 4. The minimum absolute atomic E-state index is 0.0357. The van der Waals surface area contributed by atoms with Crippen molar-refractivity contribution in [1.82, 2.24) is 20.4 Å². The molecule has 126 valence electrons. The molecule has 1 aliphatic heterocycles. The van der Waals surface area contributed by atoms with E-state index in [0.717, 1.165) is 25.9 Å². The highest BCUT2D eigenvalue weighted by atomic mass is 16.2. The number of carbonyl (C=O) groups is 3. The molecule has 1 heterocycles. The van der Waals surface area contributed by atoms with E-state index in [1.165, 1.54) is 0 Å². The Hall–Kier alpha value is -1.63. The zero-order chi connectivity index (χ0) is 16.5. The fraction of sp³-hybridized carbons (Fsp3) is 0.800. The molecule has 0 unspecified atom stereocenters. The second kappa shape index (κ2) is 9.40. The second-order valence-electron chi connectivity index (χ2n) is 5.89. The predicted molar refractivity (Wildman–Crippen MR) is 84.2 cm³/mol. The standard InChI is InChI=1S/C15H28N4O3/c1-4-18(11-14(21)17-12(2)3)10-13(20)16-9-15(22)19-7-5-6-8-19/h12H,4-11H2,1-3H3,(H,16,20)(H,17,21). The highest BCUT2D eigenvalue weighted by molar-refractivity contribution is 5.86. The Morgan fingerprint density at radius 3 is 2.23 bits per heavy atom. The van der Waals surface area contributed by atoms with E-state index < -0.39 is 0 Å². The molecule has 0 bridgehead atoms. The topological polar surface area (TPSA) is 81.8 Å². The van der Waals surface area contributed by atoms with Crippen molar-refractivity contribution in [3.05, 3.63) is 0 Å². The first-order valence-corrected chi connectivity index (χ1v) is 7.98. The number of likely N-dealkylation sites (tertiary alicyclic amines) is 1. The molecule has 7 nitrogen and oxygen atoms in total. The van der Waals surface area contributed by atoms with Crippen molar-refractivity contribution < 1.29 is 14.4 Å². The second-order valence-corrected chi connectivity index (χ2v) is 5.89. The number of amides is 3. The number of nitrogens with one attached hydrogen (secondary N) is 2. The summed E-state index contributed by atoms with van der Waals surface area (Å²) in [5, 5.41) is 5.43. The molecule has 0 aliphatic carbocycles. The van der Waals surface area contributed by atoms with Gasteiger partial charge in [0.1, 0.15) is 0 Å². The average Bonchev–Trinajstić information content (AvgIpc) is 2.97. The van der Waals surface area contributed by atoms with Gasteiger partial charge >= 0.3 is 0 Å². The van der Waals surface area contributed by atoms with Crippen LogP contribution in [0.3, 0.4) is 0 Å². The summed E-state index contributed by atoms with van der Waals surface area (Å²) < 4.78 is 0. The predicted octanol–water partition coefficient (Wildman–Crippen LogP) is -0.428. The van der Waals surface area contributed by atoms with Crippen LogP contribution in [-0.4, -0.2) is 72.8 Å². The zero-order valence-electron chi connectivity index (χ0n) is 13.9. The molecule has 0 aromatic heterocycles. The van der Waals surface area contributed by atoms with Crippen LogP contribution in [0, 0.1) is 0 Å².